The van der Waals surface area contributed by atoms with Gasteiger partial charge in [-0.3, -0.25) is 4.79 Å². The highest BCUT2D eigenvalue weighted by molar-refractivity contribution is 5.77. The fraction of sp³-hybridized carbons (Fsp3) is 0.308. The van der Waals surface area contributed by atoms with Crippen LogP contribution >= 0.6 is 0 Å². The van der Waals surface area contributed by atoms with Crippen molar-refractivity contribution in [3.63, 3.8) is 0 Å². The van der Waals surface area contributed by atoms with Crippen molar-refractivity contribution < 1.29 is 9.53 Å². The number of nitrogens with one attached hydrogen (secondary N) is 1. The third-order valence-corrected chi connectivity index (χ3v) is 2.14. The standard InChI is InChI=1S/C13H16N2O2/c1-10-5-6-12(17-2)11(8-10)4-3-7-15-13(16)9-14/h5-6,8H,7,9,14H2,1-2H3,(H,15,16). The molecule has 0 spiro atoms. The van der Waals surface area contributed by atoms with Crippen LogP contribution in [0.25, 0.3) is 0 Å². The van der Waals surface area contributed by atoms with Crippen molar-refractivity contribution >= 4 is 5.91 Å². The normalized spacial score (nSPS) is 9.12. The minimum atomic E-state index is -0.212. The Morgan fingerprint density at radius 1 is 1.53 bits per heavy atom. The molecule has 0 heterocycles. The van der Waals surface area contributed by atoms with Gasteiger partial charge in [-0.15, -0.1) is 0 Å². The molecule has 0 aliphatic carbocycles. The molecule has 3 N–H and O–H groups in total. The van der Waals surface area contributed by atoms with E-state index in [0.29, 0.717) is 0 Å². The van der Waals surface area contributed by atoms with Crippen LogP contribution in [0, 0.1) is 18.8 Å². The lowest BCUT2D eigenvalue weighted by atomic mass is 10.1. The van der Waals surface area contributed by atoms with E-state index in [-0.39, 0.29) is 19.0 Å². The molecular weight excluding hydrogens is 216 g/mol. The van der Waals surface area contributed by atoms with Gasteiger partial charge in [0.1, 0.15) is 5.75 Å². The van der Waals surface area contributed by atoms with Gasteiger partial charge < -0.3 is 15.8 Å². The number of aryl methyl sites for hydroxylation is 1. The lowest BCUT2D eigenvalue weighted by molar-refractivity contribution is -0.119. The van der Waals surface area contributed by atoms with Gasteiger partial charge in [-0.2, -0.15) is 0 Å². The zero-order valence-electron chi connectivity index (χ0n) is 10.0. The molecule has 0 unspecified atom stereocenters. The largest absolute Gasteiger partial charge is 0.495 e. The second-order valence-corrected chi connectivity index (χ2v) is 3.49. The third-order valence-electron chi connectivity index (χ3n) is 2.14. The van der Waals surface area contributed by atoms with Gasteiger partial charge in [0.25, 0.3) is 0 Å². The van der Waals surface area contributed by atoms with Crippen LogP contribution in [-0.2, 0) is 4.79 Å². The van der Waals surface area contributed by atoms with Crippen molar-refractivity contribution in [2.45, 2.75) is 6.92 Å². The average Bonchev–Trinajstić information content (AvgIpc) is 2.34. The smallest absolute Gasteiger partial charge is 0.234 e. The number of ether oxygens (including phenoxy) is 1. The molecule has 0 aromatic heterocycles. The molecule has 0 bridgehead atoms. The van der Waals surface area contributed by atoms with Gasteiger partial charge in [0.15, 0.2) is 0 Å². The number of carbonyl (C=O) groups excluding carboxylic acids is 1. The Hall–Kier alpha value is -1.99. The van der Waals surface area contributed by atoms with Crippen LogP contribution in [0.3, 0.4) is 0 Å². The van der Waals surface area contributed by atoms with Gasteiger partial charge in [-0.05, 0) is 24.6 Å². The van der Waals surface area contributed by atoms with Crippen LogP contribution in [0.4, 0.5) is 0 Å². The van der Waals surface area contributed by atoms with Crippen LogP contribution < -0.4 is 15.8 Å². The molecule has 4 heteroatoms. The Bertz CT molecular complexity index is 458. The van der Waals surface area contributed by atoms with E-state index in [2.05, 4.69) is 17.2 Å². The maximum Gasteiger partial charge on any atom is 0.234 e. The summed E-state index contributed by atoms with van der Waals surface area (Å²) in [5.41, 5.74) is 7.08. The van der Waals surface area contributed by atoms with E-state index in [0.717, 1.165) is 16.9 Å². The van der Waals surface area contributed by atoms with Crippen LogP contribution in [0.2, 0.25) is 0 Å². The molecule has 0 atom stereocenters. The first-order valence-electron chi connectivity index (χ1n) is 5.27. The summed E-state index contributed by atoms with van der Waals surface area (Å²) in [6.45, 7) is 2.25. The molecule has 0 radical (unpaired) electrons. The number of methoxy groups -OCH3 is 1. The van der Waals surface area contributed by atoms with Gasteiger partial charge in [-0.1, -0.05) is 17.9 Å². The van der Waals surface area contributed by atoms with Gasteiger partial charge in [-0.25, -0.2) is 0 Å². The summed E-state index contributed by atoms with van der Waals surface area (Å²) in [7, 11) is 1.60. The fourth-order valence-electron chi connectivity index (χ4n) is 1.27. The summed E-state index contributed by atoms with van der Waals surface area (Å²) >= 11 is 0. The molecule has 0 aliphatic heterocycles. The number of rotatable bonds is 3. The van der Waals surface area contributed by atoms with Gasteiger partial charge in [0.2, 0.25) is 5.91 Å². The molecular formula is C13H16N2O2. The summed E-state index contributed by atoms with van der Waals surface area (Å²) in [4.78, 5) is 10.9. The number of benzene rings is 1. The maximum atomic E-state index is 10.9. The van der Waals surface area contributed by atoms with E-state index < -0.39 is 0 Å². The summed E-state index contributed by atoms with van der Waals surface area (Å²) in [6, 6.07) is 5.77. The molecule has 0 saturated carbocycles. The van der Waals surface area contributed by atoms with Crippen molar-refractivity contribution in [3.05, 3.63) is 29.3 Å². The zero-order valence-corrected chi connectivity index (χ0v) is 10.0. The lowest BCUT2D eigenvalue weighted by Crippen LogP contribution is -2.30. The van der Waals surface area contributed by atoms with Crippen molar-refractivity contribution in [3.8, 4) is 17.6 Å². The van der Waals surface area contributed by atoms with E-state index in [1.165, 1.54) is 0 Å². The molecule has 1 rings (SSSR count). The van der Waals surface area contributed by atoms with Crippen LogP contribution in [0.1, 0.15) is 11.1 Å². The third kappa shape index (κ3) is 4.17. The Morgan fingerprint density at radius 3 is 2.94 bits per heavy atom. The van der Waals surface area contributed by atoms with E-state index in [1.807, 2.05) is 25.1 Å². The second kappa shape index (κ2) is 6.56. The first-order valence-corrected chi connectivity index (χ1v) is 5.27. The van der Waals surface area contributed by atoms with E-state index in [9.17, 15) is 4.79 Å². The molecule has 4 nitrogen and oxygen atoms in total. The second-order valence-electron chi connectivity index (χ2n) is 3.49. The predicted molar refractivity (Wildman–Crippen MR) is 66.7 cm³/mol. The number of amides is 1. The molecule has 1 amide bonds. The minimum absolute atomic E-state index is 0.0184. The molecule has 0 aliphatic rings. The number of nitrogens with two attached hydrogens (primary N) is 1. The van der Waals surface area contributed by atoms with Gasteiger partial charge >= 0.3 is 0 Å². The van der Waals surface area contributed by atoms with E-state index in [1.54, 1.807) is 7.11 Å². The monoisotopic (exact) mass is 232 g/mol. The predicted octanol–water partition coefficient (Wildman–Crippen LogP) is 0.430. The van der Waals surface area contributed by atoms with Crippen molar-refractivity contribution in [1.82, 2.24) is 5.32 Å². The van der Waals surface area contributed by atoms with Crippen molar-refractivity contribution in [1.29, 1.82) is 0 Å². The quantitative estimate of drug-likeness (QED) is 0.743. The molecule has 0 fully saturated rings. The van der Waals surface area contributed by atoms with Gasteiger partial charge in [0, 0.05) is 0 Å². The van der Waals surface area contributed by atoms with Gasteiger partial charge in [0.05, 0.1) is 25.8 Å². The Labute approximate surface area is 101 Å². The lowest BCUT2D eigenvalue weighted by Gasteiger charge is -2.03. The zero-order chi connectivity index (χ0) is 12.7. The first kappa shape index (κ1) is 13.1. The van der Waals surface area contributed by atoms with Crippen LogP contribution in [0.15, 0.2) is 18.2 Å². The molecule has 1 aromatic carbocycles. The summed E-state index contributed by atoms with van der Waals surface area (Å²) in [6.07, 6.45) is 0. The molecule has 0 saturated heterocycles. The molecule has 1 aromatic rings. The Balaban J connectivity index is 2.70. The van der Waals surface area contributed by atoms with Crippen LogP contribution in [-0.4, -0.2) is 26.1 Å². The van der Waals surface area contributed by atoms with E-state index >= 15 is 0 Å². The highest BCUT2D eigenvalue weighted by Gasteiger charge is 1.99. The first-order chi connectivity index (χ1) is 8.17. The number of hydrogen-bond donors (Lipinski definition) is 2. The Morgan fingerprint density at radius 2 is 2.29 bits per heavy atom. The maximum absolute atomic E-state index is 10.9. The topological polar surface area (TPSA) is 64.3 Å². The average molecular weight is 232 g/mol. The Kier molecular flexibility index (Phi) is 5.05. The summed E-state index contributed by atoms with van der Waals surface area (Å²) in [5, 5.41) is 2.58. The van der Waals surface area contributed by atoms with Crippen molar-refractivity contribution in [2.75, 3.05) is 20.2 Å². The summed E-state index contributed by atoms with van der Waals surface area (Å²) in [5.74, 6) is 6.32. The van der Waals surface area contributed by atoms with Crippen molar-refractivity contribution in [2.24, 2.45) is 5.73 Å². The summed E-state index contributed by atoms with van der Waals surface area (Å²) < 4.78 is 5.19. The number of hydrogen-bond acceptors (Lipinski definition) is 3. The fourth-order valence-corrected chi connectivity index (χ4v) is 1.27. The minimum Gasteiger partial charge on any atom is -0.495 e. The highest BCUT2D eigenvalue weighted by atomic mass is 16.5. The van der Waals surface area contributed by atoms with Crippen LogP contribution in [0.5, 0.6) is 5.75 Å². The van der Waals surface area contributed by atoms with E-state index in [4.69, 9.17) is 10.5 Å². The molecule has 90 valence electrons. The number of carbonyl (C=O) groups is 1. The highest BCUT2D eigenvalue weighted by Crippen LogP contribution is 2.17. The molecule has 17 heavy (non-hydrogen) atoms. The SMILES string of the molecule is COc1ccc(C)cc1C#CCNC(=O)CN.